The lowest BCUT2D eigenvalue weighted by Gasteiger charge is -2.00. The molecule has 0 aliphatic carbocycles. The molecule has 0 radical (unpaired) electrons. The van der Waals surface area contributed by atoms with Crippen LogP contribution in [0.15, 0.2) is 29.0 Å². The Kier molecular flexibility index (Phi) is 2.78. The van der Waals surface area contributed by atoms with E-state index >= 15 is 0 Å². The Morgan fingerprint density at radius 1 is 1.59 bits per heavy atom. The fraction of sp³-hybridized carbons (Fsp3) is 0.182. The Bertz CT molecular complexity index is 562. The Hall–Kier alpha value is -2.37. The molecule has 17 heavy (non-hydrogen) atoms. The molecule has 0 fully saturated rings. The van der Waals surface area contributed by atoms with Crippen LogP contribution in [0.25, 0.3) is 11.5 Å². The first kappa shape index (κ1) is 11.1. The maximum atomic E-state index is 11.2. The second-order valence-corrected chi connectivity index (χ2v) is 3.41. The van der Waals surface area contributed by atoms with Crippen LogP contribution in [-0.4, -0.2) is 18.1 Å². The largest absolute Gasteiger partial charge is 0.619 e. The first-order valence-corrected chi connectivity index (χ1v) is 4.86. The van der Waals surface area contributed by atoms with E-state index in [0.29, 0.717) is 11.3 Å². The topological polar surface area (TPSA) is 79.3 Å². The van der Waals surface area contributed by atoms with E-state index in [4.69, 9.17) is 4.42 Å². The molecule has 88 valence electrons. The summed E-state index contributed by atoms with van der Waals surface area (Å²) in [5.74, 6) is -0.291. The van der Waals surface area contributed by atoms with Gasteiger partial charge in [-0.3, -0.25) is 0 Å². The standard InChI is InChI=1S/C11H10N2O4/c1-7-5-8(3-4-13(7)15)10-12-9(6-17-10)11(14)16-2/h3-6H,1-2H3. The highest BCUT2D eigenvalue weighted by atomic mass is 16.5. The highest BCUT2D eigenvalue weighted by Gasteiger charge is 2.14. The summed E-state index contributed by atoms with van der Waals surface area (Å²) >= 11 is 0. The number of oxazole rings is 1. The zero-order chi connectivity index (χ0) is 12.4. The molecular formula is C11H10N2O4. The van der Waals surface area contributed by atoms with Crippen LogP contribution in [0.3, 0.4) is 0 Å². The van der Waals surface area contributed by atoms with E-state index in [1.54, 1.807) is 19.1 Å². The predicted octanol–water partition coefficient (Wildman–Crippen LogP) is 1.07. The molecule has 0 bridgehead atoms. The molecule has 6 heteroatoms. The molecule has 0 N–H and O–H groups in total. The summed E-state index contributed by atoms with van der Waals surface area (Å²) in [7, 11) is 1.27. The van der Waals surface area contributed by atoms with E-state index in [2.05, 4.69) is 9.72 Å². The first-order valence-electron chi connectivity index (χ1n) is 4.86. The zero-order valence-electron chi connectivity index (χ0n) is 9.34. The Morgan fingerprint density at radius 3 is 3.00 bits per heavy atom. The number of methoxy groups -OCH3 is 1. The Morgan fingerprint density at radius 2 is 2.35 bits per heavy atom. The van der Waals surface area contributed by atoms with E-state index in [-0.39, 0.29) is 11.6 Å². The van der Waals surface area contributed by atoms with E-state index in [1.807, 2.05) is 0 Å². The van der Waals surface area contributed by atoms with Crippen LogP contribution in [0.4, 0.5) is 0 Å². The number of pyridine rings is 1. The molecule has 0 aromatic carbocycles. The SMILES string of the molecule is COC(=O)c1coc(-c2cc[n+]([O-])c(C)c2)n1. The minimum atomic E-state index is -0.563. The van der Waals surface area contributed by atoms with Gasteiger partial charge in [-0.05, 0) is 0 Å². The van der Waals surface area contributed by atoms with Gasteiger partial charge in [0.1, 0.15) is 6.26 Å². The summed E-state index contributed by atoms with van der Waals surface area (Å²) in [4.78, 5) is 15.1. The predicted molar refractivity (Wildman–Crippen MR) is 57.0 cm³/mol. The van der Waals surface area contributed by atoms with Crippen molar-refractivity contribution >= 4 is 5.97 Å². The minimum absolute atomic E-state index is 0.0963. The molecule has 0 saturated carbocycles. The van der Waals surface area contributed by atoms with Crippen LogP contribution in [0.2, 0.25) is 0 Å². The van der Waals surface area contributed by atoms with Gasteiger partial charge in [-0.25, -0.2) is 9.78 Å². The average molecular weight is 234 g/mol. The van der Waals surface area contributed by atoms with Gasteiger partial charge in [0, 0.05) is 24.6 Å². The lowest BCUT2D eigenvalue weighted by atomic mass is 10.2. The van der Waals surface area contributed by atoms with E-state index in [0.717, 1.165) is 4.73 Å². The molecule has 0 unspecified atom stereocenters. The third-order valence-electron chi connectivity index (χ3n) is 2.25. The first-order chi connectivity index (χ1) is 8.11. The highest BCUT2D eigenvalue weighted by Crippen LogP contribution is 2.18. The molecule has 2 aromatic rings. The fourth-order valence-electron chi connectivity index (χ4n) is 1.34. The minimum Gasteiger partial charge on any atom is -0.619 e. The van der Waals surface area contributed by atoms with Gasteiger partial charge in [0.25, 0.3) is 0 Å². The number of esters is 1. The van der Waals surface area contributed by atoms with Crippen LogP contribution in [0.5, 0.6) is 0 Å². The smallest absolute Gasteiger partial charge is 0.360 e. The van der Waals surface area contributed by atoms with E-state index in [1.165, 1.54) is 19.6 Å². The van der Waals surface area contributed by atoms with Crippen LogP contribution in [0, 0.1) is 12.1 Å². The van der Waals surface area contributed by atoms with Gasteiger partial charge < -0.3 is 14.4 Å². The van der Waals surface area contributed by atoms with E-state index in [9.17, 15) is 10.0 Å². The molecule has 2 aromatic heterocycles. The molecule has 0 amide bonds. The van der Waals surface area contributed by atoms with Gasteiger partial charge in [0.15, 0.2) is 17.6 Å². The van der Waals surface area contributed by atoms with Gasteiger partial charge in [-0.2, -0.15) is 4.73 Å². The fourth-order valence-corrected chi connectivity index (χ4v) is 1.34. The molecular weight excluding hydrogens is 224 g/mol. The van der Waals surface area contributed by atoms with Crippen molar-refractivity contribution in [3.05, 3.63) is 41.2 Å². The van der Waals surface area contributed by atoms with Gasteiger partial charge in [-0.15, -0.1) is 0 Å². The van der Waals surface area contributed by atoms with Crippen LogP contribution in [0.1, 0.15) is 16.2 Å². The quantitative estimate of drug-likeness (QED) is 0.441. The lowest BCUT2D eigenvalue weighted by molar-refractivity contribution is -0.612. The number of rotatable bonds is 2. The van der Waals surface area contributed by atoms with Crippen molar-refractivity contribution in [1.82, 2.24) is 4.98 Å². The summed E-state index contributed by atoms with van der Waals surface area (Å²) in [5.41, 5.74) is 1.24. The summed E-state index contributed by atoms with van der Waals surface area (Å²) in [6, 6.07) is 3.19. The van der Waals surface area contributed by atoms with Crippen molar-refractivity contribution in [2.45, 2.75) is 6.92 Å². The zero-order valence-corrected chi connectivity index (χ0v) is 9.34. The number of aromatic nitrogens is 2. The van der Waals surface area contributed by atoms with Gasteiger partial charge in [-0.1, -0.05) is 0 Å². The third-order valence-corrected chi connectivity index (χ3v) is 2.25. The molecule has 2 rings (SSSR count). The van der Waals surface area contributed by atoms with Crippen LogP contribution in [-0.2, 0) is 4.74 Å². The number of aryl methyl sites for hydroxylation is 1. The van der Waals surface area contributed by atoms with E-state index < -0.39 is 5.97 Å². The van der Waals surface area contributed by atoms with Gasteiger partial charge in [0.2, 0.25) is 5.89 Å². The summed E-state index contributed by atoms with van der Waals surface area (Å²) in [6.07, 6.45) is 2.57. The van der Waals surface area contributed by atoms with Crippen molar-refractivity contribution in [3.63, 3.8) is 0 Å². The number of hydrogen-bond acceptors (Lipinski definition) is 5. The van der Waals surface area contributed by atoms with Crippen LogP contribution >= 0.6 is 0 Å². The summed E-state index contributed by atoms with van der Waals surface area (Å²) in [5, 5.41) is 11.2. The number of nitrogens with zero attached hydrogens (tertiary/aromatic N) is 2. The number of carbonyl (C=O) groups is 1. The second-order valence-electron chi connectivity index (χ2n) is 3.41. The number of ether oxygens (including phenoxy) is 1. The highest BCUT2D eigenvalue weighted by molar-refractivity contribution is 5.87. The van der Waals surface area contributed by atoms with Crippen molar-refractivity contribution in [1.29, 1.82) is 0 Å². The average Bonchev–Trinajstić information content (AvgIpc) is 2.81. The number of carbonyl (C=O) groups excluding carboxylic acids is 1. The monoisotopic (exact) mass is 234 g/mol. The molecule has 0 aliphatic heterocycles. The van der Waals surface area contributed by atoms with Gasteiger partial charge in [0.05, 0.1) is 7.11 Å². The normalized spacial score (nSPS) is 10.2. The molecule has 0 aliphatic rings. The molecule has 0 spiro atoms. The summed E-state index contributed by atoms with van der Waals surface area (Å²) < 4.78 is 10.4. The van der Waals surface area contributed by atoms with Crippen molar-refractivity contribution in [2.75, 3.05) is 7.11 Å². The van der Waals surface area contributed by atoms with Crippen molar-refractivity contribution in [3.8, 4) is 11.5 Å². The molecule has 0 atom stereocenters. The molecule has 2 heterocycles. The maximum absolute atomic E-state index is 11.2. The third kappa shape index (κ3) is 2.10. The molecule has 6 nitrogen and oxygen atoms in total. The summed E-state index contributed by atoms with van der Waals surface area (Å²) in [6.45, 7) is 1.67. The van der Waals surface area contributed by atoms with Gasteiger partial charge >= 0.3 is 5.97 Å². The molecule has 0 saturated heterocycles. The Balaban J connectivity index is 2.37. The maximum Gasteiger partial charge on any atom is 0.360 e. The van der Waals surface area contributed by atoms with Crippen molar-refractivity contribution < 1.29 is 18.7 Å². The van der Waals surface area contributed by atoms with Crippen molar-refractivity contribution in [2.24, 2.45) is 0 Å². The second kappa shape index (κ2) is 4.25. The number of hydrogen-bond donors (Lipinski definition) is 0. The lowest BCUT2D eigenvalue weighted by Crippen LogP contribution is -2.28. The Labute approximate surface area is 97.1 Å². The van der Waals surface area contributed by atoms with Crippen LogP contribution < -0.4 is 4.73 Å².